The van der Waals surface area contributed by atoms with Gasteiger partial charge in [-0.2, -0.15) is 0 Å². The molecular weight excluding hydrogens is 339 g/mol. The van der Waals surface area contributed by atoms with Gasteiger partial charge in [-0.25, -0.2) is 14.0 Å². The number of nitrogens with zero attached hydrogens (tertiary/aromatic N) is 1. The Kier molecular flexibility index (Phi) is 6.25. The van der Waals surface area contributed by atoms with E-state index in [1.165, 1.54) is 17.0 Å². The first-order valence-corrected chi connectivity index (χ1v) is 8.25. The third-order valence-corrected chi connectivity index (χ3v) is 4.40. The van der Waals surface area contributed by atoms with Gasteiger partial charge in [-0.3, -0.25) is 0 Å². The molecule has 0 aromatic heterocycles. The summed E-state index contributed by atoms with van der Waals surface area (Å²) in [7, 11) is 0. The molecule has 2 N–H and O–H groups in total. The van der Waals surface area contributed by atoms with Crippen LogP contribution in [0, 0.1) is 5.82 Å². The Labute approximate surface area is 144 Å². The van der Waals surface area contributed by atoms with Crippen molar-refractivity contribution in [3.8, 4) is 0 Å². The summed E-state index contributed by atoms with van der Waals surface area (Å²) in [5.74, 6) is 0.0193. The van der Waals surface area contributed by atoms with Crippen molar-refractivity contribution >= 4 is 23.8 Å². The fraction of sp³-hybridized carbons (Fsp3) is 0.500. The summed E-state index contributed by atoms with van der Waals surface area (Å²) in [6.07, 6.45) is -0.267. The maximum Gasteiger partial charge on any atom is 0.407 e. The van der Waals surface area contributed by atoms with Crippen LogP contribution in [-0.2, 0) is 10.3 Å². The topological polar surface area (TPSA) is 78.9 Å². The number of alkyl carbamates (subject to hydrolysis) is 1. The predicted octanol–water partition coefficient (Wildman–Crippen LogP) is 3.15. The Morgan fingerprint density at radius 1 is 1.29 bits per heavy atom. The molecule has 0 aliphatic carbocycles. The lowest BCUT2D eigenvalue weighted by molar-refractivity contribution is 0.0936. The number of benzene rings is 1. The molecule has 8 heteroatoms. The minimum Gasteiger partial charge on any atom is -0.465 e. The van der Waals surface area contributed by atoms with Crippen molar-refractivity contribution in [3.63, 3.8) is 0 Å². The number of nitrogens with one attached hydrogen (secondary N) is 1. The zero-order valence-corrected chi connectivity index (χ0v) is 13.9. The molecule has 0 unspecified atom stereocenters. The summed E-state index contributed by atoms with van der Waals surface area (Å²) < 4.78 is 18.3. The summed E-state index contributed by atoms with van der Waals surface area (Å²) in [5, 5.41) is 11.9. The molecule has 2 amide bonds. The standard InChI is InChI=1S/C16H20ClFN2O4/c17-8-1-11-24-14(21)19-16(12-2-4-13(18)5-3-12)6-9-20(10-7-16)15(22)23/h2-5H,1,6-11H2,(H,19,21)(H,22,23). The number of carbonyl (C=O) groups excluding carboxylic acids is 1. The number of piperidine rings is 1. The molecule has 1 saturated heterocycles. The first kappa shape index (κ1) is 18.3. The van der Waals surface area contributed by atoms with E-state index >= 15 is 0 Å². The third-order valence-electron chi connectivity index (χ3n) is 4.14. The number of carboxylic acid groups (broad SMARTS) is 1. The van der Waals surface area contributed by atoms with Crippen LogP contribution in [0.3, 0.4) is 0 Å². The summed E-state index contributed by atoms with van der Waals surface area (Å²) in [6.45, 7) is 0.749. The molecule has 1 aliphatic rings. The van der Waals surface area contributed by atoms with E-state index in [0.717, 1.165) is 5.56 Å². The fourth-order valence-electron chi connectivity index (χ4n) is 2.79. The molecular formula is C16H20ClFN2O4. The Balaban J connectivity index is 2.14. The van der Waals surface area contributed by atoms with Crippen molar-refractivity contribution in [2.24, 2.45) is 0 Å². The van der Waals surface area contributed by atoms with Gasteiger partial charge in [-0.1, -0.05) is 12.1 Å². The van der Waals surface area contributed by atoms with Crippen LogP contribution in [0.25, 0.3) is 0 Å². The number of halogens is 2. The maximum atomic E-state index is 13.2. The van der Waals surface area contributed by atoms with Gasteiger partial charge in [-0.15, -0.1) is 11.6 Å². The van der Waals surface area contributed by atoms with Crippen LogP contribution in [0.4, 0.5) is 14.0 Å². The van der Waals surface area contributed by atoms with E-state index in [-0.39, 0.29) is 25.5 Å². The van der Waals surface area contributed by atoms with E-state index in [0.29, 0.717) is 25.1 Å². The highest BCUT2D eigenvalue weighted by atomic mass is 35.5. The molecule has 132 valence electrons. The van der Waals surface area contributed by atoms with Crippen LogP contribution in [0.1, 0.15) is 24.8 Å². The Bertz CT molecular complexity index is 574. The molecule has 2 rings (SSSR count). The summed E-state index contributed by atoms with van der Waals surface area (Å²) in [6, 6.07) is 5.85. The molecule has 0 atom stereocenters. The lowest BCUT2D eigenvalue weighted by Gasteiger charge is -2.41. The maximum absolute atomic E-state index is 13.2. The average Bonchev–Trinajstić information content (AvgIpc) is 2.56. The van der Waals surface area contributed by atoms with Gasteiger partial charge in [0.15, 0.2) is 0 Å². The minimum absolute atomic E-state index is 0.204. The fourth-order valence-corrected chi connectivity index (χ4v) is 2.89. The smallest absolute Gasteiger partial charge is 0.407 e. The normalized spacial score (nSPS) is 16.5. The number of hydrogen-bond acceptors (Lipinski definition) is 3. The summed E-state index contributed by atoms with van der Waals surface area (Å²) >= 11 is 5.55. The Morgan fingerprint density at radius 3 is 2.46 bits per heavy atom. The number of carbonyl (C=O) groups is 2. The number of likely N-dealkylation sites (tertiary alicyclic amines) is 1. The first-order chi connectivity index (χ1) is 11.5. The molecule has 1 aromatic rings. The van der Waals surface area contributed by atoms with E-state index < -0.39 is 17.7 Å². The molecule has 1 fully saturated rings. The van der Waals surface area contributed by atoms with E-state index in [2.05, 4.69) is 5.32 Å². The van der Waals surface area contributed by atoms with Crippen LogP contribution in [0.2, 0.25) is 0 Å². The zero-order valence-electron chi connectivity index (χ0n) is 13.1. The van der Waals surface area contributed by atoms with E-state index in [4.69, 9.17) is 21.4 Å². The Morgan fingerprint density at radius 2 is 1.92 bits per heavy atom. The molecule has 1 heterocycles. The van der Waals surface area contributed by atoms with Gasteiger partial charge in [0.1, 0.15) is 5.82 Å². The van der Waals surface area contributed by atoms with E-state index in [9.17, 15) is 14.0 Å². The molecule has 0 bridgehead atoms. The summed E-state index contributed by atoms with van der Waals surface area (Å²) in [4.78, 5) is 24.5. The van der Waals surface area contributed by atoms with Gasteiger partial charge in [0.25, 0.3) is 0 Å². The number of hydrogen-bond donors (Lipinski definition) is 2. The monoisotopic (exact) mass is 358 g/mol. The lowest BCUT2D eigenvalue weighted by atomic mass is 9.81. The molecule has 0 saturated carbocycles. The van der Waals surface area contributed by atoms with Gasteiger partial charge in [0.2, 0.25) is 0 Å². The lowest BCUT2D eigenvalue weighted by Crippen LogP contribution is -2.54. The molecule has 1 aliphatic heterocycles. The summed E-state index contributed by atoms with van der Waals surface area (Å²) in [5.41, 5.74) is -0.0548. The average molecular weight is 359 g/mol. The van der Waals surface area contributed by atoms with E-state index in [1.54, 1.807) is 12.1 Å². The third kappa shape index (κ3) is 4.50. The number of amides is 2. The SMILES string of the molecule is O=C(NC1(c2ccc(F)cc2)CCN(C(=O)O)CC1)OCCCCl. The second-order valence-corrected chi connectivity index (χ2v) is 6.04. The van der Waals surface area contributed by atoms with Crippen LogP contribution >= 0.6 is 11.6 Å². The van der Waals surface area contributed by atoms with Gasteiger partial charge in [-0.05, 0) is 37.0 Å². The molecule has 6 nitrogen and oxygen atoms in total. The largest absolute Gasteiger partial charge is 0.465 e. The molecule has 1 aromatic carbocycles. The van der Waals surface area contributed by atoms with Gasteiger partial charge in [0.05, 0.1) is 12.1 Å². The van der Waals surface area contributed by atoms with E-state index in [1.807, 2.05) is 0 Å². The number of alkyl halides is 1. The Hall–Kier alpha value is -2.02. The second-order valence-electron chi connectivity index (χ2n) is 5.66. The number of ether oxygens (including phenoxy) is 1. The van der Waals surface area contributed by atoms with Crippen LogP contribution in [0.15, 0.2) is 24.3 Å². The highest BCUT2D eigenvalue weighted by Crippen LogP contribution is 2.33. The van der Waals surface area contributed by atoms with Crippen molar-refractivity contribution < 1.29 is 23.8 Å². The van der Waals surface area contributed by atoms with Crippen molar-refractivity contribution in [2.75, 3.05) is 25.6 Å². The molecule has 0 radical (unpaired) electrons. The quantitative estimate of drug-likeness (QED) is 0.626. The van der Waals surface area contributed by atoms with Crippen molar-refractivity contribution in [1.82, 2.24) is 10.2 Å². The van der Waals surface area contributed by atoms with Crippen LogP contribution < -0.4 is 5.32 Å². The molecule has 24 heavy (non-hydrogen) atoms. The minimum atomic E-state index is -0.993. The predicted molar refractivity (Wildman–Crippen MR) is 86.7 cm³/mol. The number of rotatable bonds is 5. The highest BCUT2D eigenvalue weighted by Gasteiger charge is 2.39. The van der Waals surface area contributed by atoms with Gasteiger partial charge < -0.3 is 20.1 Å². The first-order valence-electron chi connectivity index (χ1n) is 7.72. The van der Waals surface area contributed by atoms with Crippen molar-refractivity contribution in [3.05, 3.63) is 35.6 Å². The highest BCUT2D eigenvalue weighted by molar-refractivity contribution is 6.17. The van der Waals surface area contributed by atoms with Crippen LogP contribution in [0.5, 0.6) is 0 Å². The van der Waals surface area contributed by atoms with Gasteiger partial charge >= 0.3 is 12.2 Å². The van der Waals surface area contributed by atoms with Gasteiger partial charge in [0, 0.05) is 19.0 Å². The zero-order chi connectivity index (χ0) is 17.6. The van der Waals surface area contributed by atoms with Crippen molar-refractivity contribution in [2.45, 2.75) is 24.8 Å². The second kappa shape index (κ2) is 8.19. The molecule has 0 spiro atoms. The van der Waals surface area contributed by atoms with Crippen molar-refractivity contribution in [1.29, 1.82) is 0 Å². The van der Waals surface area contributed by atoms with Crippen LogP contribution in [-0.4, -0.2) is 47.8 Å².